The number of carbonyl (C=O) groups excluding carboxylic acids is 1. The highest BCUT2D eigenvalue weighted by molar-refractivity contribution is 5.83. The van der Waals surface area contributed by atoms with Crippen LogP contribution in [0.2, 0.25) is 0 Å². The smallest absolute Gasteiger partial charge is 0.227 e. The van der Waals surface area contributed by atoms with E-state index in [9.17, 15) is 4.79 Å². The van der Waals surface area contributed by atoms with Gasteiger partial charge in [-0.05, 0) is 31.1 Å². The van der Waals surface area contributed by atoms with Crippen molar-refractivity contribution in [3.05, 3.63) is 0 Å². The Bertz CT molecular complexity index is 306. The molecule has 3 N–H and O–H groups in total. The van der Waals surface area contributed by atoms with Gasteiger partial charge >= 0.3 is 0 Å². The van der Waals surface area contributed by atoms with Crippen molar-refractivity contribution in [2.45, 2.75) is 85.1 Å². The Morgan fingerprint density at radius 2 is 1.85 bits per heavy atom. The molecule has 0 saturated heterocycles. The second-order valence-corrected chi connectivity index (χ2v) is 7.24. The molecule has 0 aromatic rings. The fourth-order valence-electron chi connectivity index (χ4n) is 3.68. The molecule has 1 unspecified atom stereocenters. The Hall–Kier alpha value is -0.570. The molecule has 118 valence electrons. The summed E-state index contributed by atoms with van der Waals surface area (Å²) in [5, 5.41) is 3.35. The molecule has 0 aromatic carbocycles. The third-order valence-corrected chi connectivity index (χ3v) is 5.14. The van der Waals surface area contributed by atoms with Crippen LogP contribution in [-0.4, -0.2) is 18.5 Å². The van der Waals surface area contributed by atoms with Gasteiger partial charge in [-0.1, -0.05) is 53.4 Å². The third kappa shape index (κ3) is 3.97. The van der Waals surface area contributed by atoms with Crippen molar-refractivity contribution >= 4 is 5.91 Å². The van der Waals surface area contributed by atoms with Crippen LogP contribution in [0.3, 0.4) is 0 Å². The molecule has 1 saturated carbocycles. The van der Waals surface area contributed by atoms with E-state index in [2.05, 4.69) is 33.0 Å². The molecule has 0 bridgehead atoms. The largest absolute Gasteiger partial charge is 0.352 e. The molecular formula is C17H34N2O. The van der Waals surface area contributed by atoms with Crippen LogP contribution >= 0.6 is 0 Å². The van der Waals surface area contributed by atoms with Crippen LogP contribution in [0.15, 0.2) is 0 Å². The van der Waals surface area contributed by atoms with E-state index in [1.54, 1.807) is 0 Å². The number of hydrogen-bond donors (Lipinski definition) is 2. The Morgan fingerprint density at radius 3 is 2.30 bits per heavy atom. The van der Waals surface area contributed by atoms with Crippen molar-refractivity contribution in [2.24, 2.45) is 16.6 Å². The highest BCUT2D eigenvalue weighted by atomic mass is 16.2. The Balaban J connectivity index is 2.79. The number of nitrogens with one attached hydrogen (secondary N) is 1. The lowest BCUT2D eigenvalue weighted by Crippen LogP contribution is -2.54. The van der Waals surface area contributed by atoms with E-state index < -0.39 is 0 Å². The zero-order chi connectivity index (χ0) is 15.2. The molecule has 3 heteroatoms. The second-order valence-electron chi connectivity index (χ2n) is 7.24. The minimum Gasteiger partial charge on any atom is -0.352 e. The summed E-state index contributed by atoms with van der Waals surface area (Å²) in [6.07, 6.45) is 8.65. The van der Waals surface area contributed by atoms with Gasteiger partial charge in [-0.2, -0.15) is 0 Å². The molecule has 0 spiro atoms. The van der Waals surface area contributed by atoms with Gasteiger partial charge in [-0.3, -0.25) is 4.79 Å². The van der Waals surface area contributed by atoms with E-state index in [-0.39, 0.29) is 16.7 Å². The van der Waals surface area contributed by atoms with Crippen LogP contribution < -0.4 is 11.1 Å². The van der Waals surface area contributed by atoms with E-state index >= 15 is 0 Å². The van der Waals surface area contributed by atoms with E-state index in [0.717, 1.165) is 32.1 Å². The maximum absolute atomic E-state index is 12.8. The number of hydrogen-bond acceptors (Lipinski definition) is 2. The zero-order valence-corrected chi connectivity index (χ0v) is 13.9. The maximum Gasteiger partial charge on any atom is 0.227 e. The summed E-state index contributed by atoms with van der Waals surface area (Å²) in [6, 6.07) is 0.309. The molecular weight excluding hydrogens is 248 g/mol. The van der Waals surface area contributed by atoms with Crippen LogP contribution in [0, 0.1) is 10.8 Å². The normalized spacial score (nSPS) is 22.6. The van der Waals surface area contributed by atoms with Gasteiger partial charge in [0.2, 0.25) is 5.91 Å². The number of rotatable bonds is 7. The summed E-state index contributed by atoms with van der Waals surface area (Å²) < 4.78 is 0. The van der Waals surface area contributed by atoms with E-state index in [0.29, 0.717) is 12.6 Å². The van der Waals surface area contributed by atoms with Gasteiger partial charge in [0.15, 0.2) is 0 Å². The molecule has 3 nitrogen and oxygen atoms in total. The van der Waals surface area contributed by atoms with E-state index in [4.69, 9.17) is 5.73 Å². The molecule has 1 aliphatic rings. The second kappa shape index (κ2) is 7.44. The molecule has 1 atom stereocenters. The molecule has 0 radical (unpaired) electrons. The zero-order valence-electron chi connectivity index (χ0n) is 13.9. The highest BCUT2D eigenvalue weighted by Crippen LogP contribution is 2.37. The Kier molecular flexibility index (Phi) is 6.50. The fraction of sp³-hybridized carbons (Fsp3) is 0.941. The number of amides is 1. The average molecular weight is 282 g/mol. The van der Waals surface area contributed by atoms with Crippen LogP contribution in [0.5, 0.6) is 0 Å². The van der Waals surface area contributed by atoms with Crippen LogP contribution in [-0.2, 0) is 4.79 Å². The van der Waals surface area contributed by atoms with Gasteiger partial charge < -0.3 is 11.1 Å². The molecule has 1 rings (SSSR count). The van der Waals surface area contributed by atoms with Crippen molar-refractivity contribution in [2.75, 3.05) is 6.54 Å². The predicted molar refractivity (Wildman–Crippen MR) is 85.5 cm³/mol. The van der Waals surface area contributed by atoms with Gasteiger partial charge in [0.05, 0.1) is 5.41 Å². The molecule has 1 amide bonds. The van der Waals surface area contributed by atoms with Crippen LogP contribution in [0.25, 0.3) is 0 Å². The average Bonchev–Trinajstić information content (AvgIpc) is 2.40. The summed E-state index contributed by atoms with van der Waals surface area (Å²) >= 11 is 0. The standard InChI is InChI=1S/C17H34N2O/c1-5-10-17(13-18,11-6-2)15(20)19-14-9-7-8-12-16(14,3)4/h14H,5-13,18H2,1-4H3,(H,19,20). The molecule has 1 fully saturated rings. The third-order valence-electron chi connectivity index (χ3n) is 5.14. The van der Waals surface area contributed by atoms with Crippen LogP contribution in [0.1, 0.15) is 79.1 Å². The topological polar surface area (TPSA) is 55.1 Å². The van der Waals surface area contributed by atoms with E-state index in [1.165, 1.54) is 19.3 Å². The van der Waals surface area contributed by atoms with Crippen molar-refractivity contribution in [1.29, 1.82) is 0 Å². The molecule has 0 aromatic heterocycles. The quantitative estimate of drug-likeness (QED) is 0.749. The van der Waals surface area contributed by atoms with Gasteiger partial charge in [0.1, 0.15) is 0 Å². The lowest BCUT2D eigenvalue weighted by atomic mass is 9.72. The van der Waals surface area contributed by atoms with Gasteiger partial charge in [-0.25, -0.2) is 0 Å². The van der Waals surface area contributed by atoms with Crippen molar-refractivity contribution in [3.8, 4) is 0 Å². The Morgan fingerprint density at radius 1 is 1.25 bits per heavy atom. The first-order valence-corrected chi connectivity index (χ1v) is 8.43. The van der Waals surface area contributed by atoms with Crippen molar-refractivity contribution in [3.63, 3.8) is 0 Å². The molecule has 0 heterocycles. The minimum absolute atomic E-state index is 0.198. The summed E-state index contributed by atoms with van der Waals surface area (Å²) in [5.74, 6) is 0.198. The highest BCUT2D eigenvalue weighted by Gasteiger charge is 2.40. The molecule has 20 heavy (non-hydrogen) atoms. The predicted octanol–water partition coefficient (Wildman–Crippen LogP) is 3.62. The summed E-state index contributed by atoms with van der Waals surface area (Å²) in [5.41, 5.74) is 5.86. The van der Waals surface area contributed by atoms with E-state index in [1.807, 2.05) is 0 Å². The summed E-state index contributed by atoms with van der Waals surface area (Å²) in [7, 11) is 0. The monoisotopic (exact) mass is 282 g/mol. The summed E-state index contributed by atoms with van der Waals surface area (Å²) in [4.78, 5) is 12.8. The first kappa shape index (κ1) is 17.5. The first-order chi connectivity index (χ1) is 9.41. The van der Waals surface area contributed by atoms with Gasteiger partial charge in [0.25, 0.3) is 0 Å². The fourth-order valence-corrected chi connectivity index (χ4v) is 3.68. The first-order valence-electron chi connectivity index (χ1n) is 8.43. The van der Waals surface area contributed by atoms with Crippen molar-refractivity contribution in [1.82, 2.24) is 5.32 Å². The number of nitrogens with two attached hydrogens (primary N) is 1. The SMILES string of the molecule is CCCC(CN)(CCC)C(=O)NC1CCCCC1(C)C. The minimum atomic E-state index is -0.350. The summed E-state index contributed by atoms with van der Waals surface area (Å²) in [6.45, 7) is 9.30. The number of carbonyl (C=O) groups is 1. The lowest BCUT2D eigenvalue weighted by molar-refractivity contribution is -0.133. The molecule has 1 aliphatic carbocycles. The van der Waals surface area contributed by atoms with Gasteiger partial charge in [0, 0.05) is 12.6 Å². The molecule has 0 aliphatic heterocycles. The van der Waals surface area contributed by atoms with Crippen molar-refractivity contribution < 1.29 is 4.79 Å². The lowest BCUT2D eigenvalue weighted by Gasteiger charge is -2.41. The maximum atomic E-state index is 12.8. The Labute approximate surface area is 125 Å². The van der Waals surface area contributed by atoms with Gasteiger partial charge in [-0.15, -0.1) is 0 Å². The van der Waals surface area contributed by atoms with Crippen LogP contribution in [0.4, 0.5) is 0 Å².